The maximum Gasteiger partial charge on any atom is 0.250 e. The van der Waals surface area contributed by atoms with Crippen molar-refractivity contribution < 1.29 is 4.79 Å². The molecule has 14 heavy (non-hydrogen) atoms. The number of primary amides is 1. The SMILES string of the molecule is Cn1ccc2c(C(N)=O)c(Br)ccc21. The number of carbonyl (C=O) groups is 1. The molecule has 0 radical (unpaired) electrons. The molecule has 1 amide bonds. The Hall–Kier alpha value is -1.29. The van der Waals surface area contributed by atoms with Crippen molar-refractivity contribution in [1.82, 2.24) is 4.57 Å². The highest BCUT2D eigenvalue weighted by Gasteiger charge is 2.12. The van der Waals surface area contributed by atoms with Crippen LogP contribution in [-0.2, 0) is 7.05 Å². The number of carbonyl (C=O) groups excluding carboxylic acids is 1. The zero-order valence-corrected chi connectivity index (χ0v) is 9.21. The Bertz CT molecular complexity index is 516. The fourth-order valence-corrected chi connectivity index (χ4v) is 2.12. The summed E-state index contributed by atoms with van der Waals surface area (Å²) in [7, 11) is 1.93. The first-order chi connectivity index (χ1) is 6.61. The first-order valence-electron chi connectivity index (χ1n) is 4.14. The molecule has 2 aromatic rings. The molecule has 0 unspecified atom stereocenters. The number of rotatable bonds is 1. The summed E-state index contributed by atoms with van der Waals surface area (Å²) in [6.07, 6.45) is 1.91. The molecule has 3 nitrogen and oxygen atoms in total. The highest BCUT2D eigenvalue weighted by atomic mass is 79.9. The van der Waals surface area contributed by atoms with Crippen molar-refractivity contribution in [2.45, 2.75) is 0 Å². The topological polar surface area (TPSA) is 48.0 Å². The zero-order chi connectivity index (χ0) is 10.3. The third kappa shape index (κ3) is 1.23. The molecule has 0 aliphatic heterocycles. The van der Waals surface area contributed by atoms with Gasteiger partial charge in [-0.2, -0.15) is 0 Å². The Morgan fingerprint density at radius 3 is 2.79 bits per heavy atom. The van der Waals surface area contributed by atoms with Crippen molar-refractivity contribution in [2.24, 2.45) is 12.8 Å². The van der Waals surface area contributed by atoms with Gasteiger partial charge >= 0.3 is 0 Å². The first kappa shape index (κ1) is 9.27. The smallest absolute Gasteiger partial charge is 0.250 e. The predicted octanol–water partition coefficient (Wildman–Crippen LogP) is 2.04. The molecule has 1 heterocycles. The lowest BCUT2D eigenvalue weighted by molar-refractivity contribution is 0.100. The number of hydrogen-bond donors (Lipinski definition) is 1. The fraction of sp³-hybridized carbons (Fsp3) is 0.100. The lowest BCUT2D eigenvalue weighted by Gasteiger charge is -2.02. The van der Waals surface area contributed by atoms with Gasteiger partial charge in [0.2, 0.25) is 0 Å². The van der Waals surface area contributed by atoms with Gasteiger partial charge in [0.1, 0.15) is 0 Å². The van der Waals surface area contributed by atoms with Crippen LogP contribution in [0, 0.1) is 0 Å². The quantitative estimate of drug-likeness (QED) is 0.830. The zero-order valence-electron chi connectivity index (χ0n) is 7.62. The number of halogens is 1. The van der Waals surface area contributed by atoms with E-state index in [0.29, 0.717) is 5.56 Å². The number of benzene rings is 1. The Labute approximate surface area is 89.6 Å². The Kier molecular flexibility index (Phi) is 2.07. The summed E-state index contributed by atoms with van der Waals surface area (Å²) in [5, 5.41) is 0.884. The molecule has 2 rings (SSSR count). The van der Waals surface area contributed by atoms with Gasteiger partial charge in [-0.05, 0) is 34.1 Å². The van der Waals surface area contributed by atoms with Crippen LogP contribution in [0.5, 0.6) is 0 Å². The summed E-state index contributed by atoms with van der Waals surface area (Å²) in [5.41, 5.74) is 6.86. The standard InChI is InChI=1S/C10H9BrN2O/c1-13-5-4-6-8(13)3-2-7(11)9(6)10(12)14/h2-5H,1H3,(H2,12,14). The van der Waals surface area contributed by atoms with Gasteiger partial charge in [-0.15, -0.1) is 0 Å². The van der Waals surface area contributed by atoms with Gasteiger partial charge in [0, 0.05) is 28.6 Å². The molecule has 0 saturated carbocycles. The van der Waals surface area contributed by atoms with Gasteiger partial charge in [0.15, 0.2) is 0 Å². The molecule has 4 heteroatoms. The minimum atomic E-state index is -0.409. The number of nitrogens with zero attached hydrogens (tertiary/aromatic N) is 1. The van der Waals surface area contributed by atoms with Gasteiger partial charge in [0.25, 0.3) is 5.91 Å². The number of aromatic nitrogens is 1. The first-order valence-corrected chi connectivity index (χ1v) is 4.94. The molecule has 0 bridgehead atoms. The van der Waals surface area contributed by atoms with Crippen LogP contribution in [0.4, 0.5) is 0 Å². The number of aryl methyl sites for hydroxylation is 1. The highest BCUT2D eigenvalue weighted by molar-refractivity contribution is 9.10. The van der Waals surface area contributed by atoms with E-state index in [0.717, 1.165) is 15.4 Å². The molecule has 1 aromatic heterocycles. The van der Waals surface area contributed by atoms with E-state index in [1.165, 1.54) is 0 Å². The molecule has 0 aliphatic rings. The second kappa shape index (κ2) is 3.13. The van der Waals surface area contributed by atoms with Crippen LogP contribution in [0.25, 0.3) is 10.9 Å². The maximum absolute atomic E-state index is 11.2. The van der Waals surface area contributed by atoms with Crippen molar-refractivity contribution in [3.63, 3.8) is 0 Å². The molecule has 0 atom stereocenters. The molecular formula is C10H9BrN2O. The molecule has 1 aromatic carbocycles. The summed E-state index contributed by atoms with van der Waals surface area (Å²) in [6.45, 7) is 0. The molecule has 72 valence electrons. The van der Waals surface area contributed by atoms with Gasteiger partial charge in [-0.3, -0.25) is 4.79 Å². The molecule has 0 saturated heterocycles. The minimum absolute atomic E-state index is 0.409. The van der Waals surface area contributed by atoms with Gasteiger partial charge in [-0.25, -0.2) is 0 Å². The van der Waals surface area contributed by atoms with Crippen LogP contribution in [0.3, 0.4) is 0 Å². The largest absolute Gasteiger partial charge is 0.366 e. The van der Waals surface area contributed by atoms with E-state index in [1.54, 1.807) is 0 Å². The summed E-state index contributed by atoms with van der Waals surface area (Å²) in [4.78, 5) is 11.2. The second-order valence-corrected chi connectivity index (χ2v) is 4.00. The van der Waals surface area contributed by atoms with Crippen molar-refractivity contribution in [1.29, 1.82) is 0 Å². The number of fused-ring (bicyclic) bond motifs is 1. The average molecular weight is 253 g/mol. The van der Waals surface area contributed by atoms with Gasteiger partial charge in [0.05, 0.1) is 5.56 Å². The summed E-state index contributed by atoms with van der Waals surface area (Å²) in [6, 6.07) is 5.68. The van der Waals surface area contributed by atoms with Gasteiger partial charge < -0.3 is 10.3 Å². The summed E-state index contributed by atoms with van der Waals surface area (Å²) >= 11 is 3.32. The van der Waals surface area contributed by atoms with E-state index < -0.39 is 5.91 Å². The number of hydrogen-bond acceptors (Lipinski definition) is 1. The third-order valence-electron chi connectivity index (χ3n) is 2.26. The predicted molar refractivity (Wildman–Crippen MR) is 59.1 cm³/mol. The van der Waals surface area contributed by atoms with Crippen LogP contribution in [-0.4, -0.2) is 10.5 Å². The number of amides is 1. The van der Waals surface area contributed by atoms with Crippen molar-refractivity contribution in [3.05, 3.63) is 34.4 Å². The molecule has 2 N–H and O–H groups in total. The molecule has 0 fully saturated rings. The van der Waals surface area contributed by atoms with Crippen LogP contribution >= 0.6 is 15.9 Å². The Morgan fingerprint density at radius 2 is 2.14 bits per heavy atom. The van der Waals surface area contributed by atoms with E-state index in [1.807, 2.05) is 36.0 Å². The third-order valence-corrected chi connectivity index (χ3v) is 2.92. The lowest BCUT2D eigenvalue weighted by atomic mass is 10.1. The lowest BCUT2D eigenvalue weighted by Crippen LogP contribution is -2.12. The van der Waals surface area contributed by atoms with Crippen molar-refractivity contribution >= 4 is 32.7 Å². The Morgan fingerprint density at radius 1 is 1.43 bits per heavy atom. The Balaban J connectivity index is 2.90. The van der Waals surface area contributed by atoms with Crippen LogP contribution in [0.1, 0.15) is 10.4 Å². The van der Waals surface area contributed by atoms with E-state index >= 15 is 0 Å². The molecule has 0 aliphatic carbocycles. The maximum atomic E-state index is 11.2. The average Bonchev–Trinajstić information content (AvgIpc) is 2.47. The monoisotopic (exact) mass is 252 g/mol. The second-order valence-electron chi connectivity index (χ2n) is 3.15. The fourth-order valence-electron chi connectivity index (χ4n) is 1.58. The van der Waals surface area contributed by atoms with Gasteiger partial charge in [-0.1, -0.05) is 0 Å². The molecule has 0 spiro atoms. The highest BCUT2D eigenvalue weighted by Crippen LogP contribution is 2.26. The van der Waals surface area contributed by atoms with E-state index in [-0.39, 0.29) is 0 Å². The summed E-state index contributed by atoms with van der Waals surface area (Å²) in [5.74, 6) is -0.409. The van der Waals surface area contributed by atoms with E-state index in [4.69, 9.17) is 5.73 Å². The normalized spacial score (nSPS) is 10.7. The van der Waals surface area contributed by atoms with Crippen LogP contribution in [0.15, 0.2) is 28.9 Å². The van der Waals surface area contributed by atoms with Crippen LogP contribution in [0.2, 0.25) is 0 Å². The van der Waals surface area contributed by atoms with Crippen molar-refractivity contribution in [2.75, 3.05) is 0 Å². The van der Waals surface area contributed by atoms with E-state index in [9.17, 15) is 4.79 Å². The summed E-state index contributed by atoms with van der Waals surface area (Å²) < 4.78 is 2.69. The van der Waals surface area contributed by atoms with E-state index in [2.05, 4.69) is 15.9 Å². The number of nitrogens with two attached hydrogens (primary N) is 1. The minimum Gasteiger partial charge on any atom is -0.366 e. The van der Waals surface area contributed by atoms with Crippen LogP contribution < -0.4 is 5.73 Å². The van der Waals surface area contributed by atoms with Crippen molar-refractivity contribution in [3.8, 4) is 0 Å². The molecular weight excluding hydrogens is 244 g/mol.